The molecular formula is C17H18O7. The molecule has 0 radical (unpaired) electrons. The number of esters is 1. The van der Waals surface area contributed by atoms with Gasteiger partial charge in [-0.3, -0.25) is 4.79 Å². The molecule has 0 aromatic heterocycles. The molecule has 0 aliphatic heterocycles. The molecule has 128 valence electrons. The third-order valence-corrected chi connectivity index (χ3v) is 3.52. The molecule has 0 spiro atoms. The van der Waals surface area contributed by atoms with Crippen molar-refractivity contribution in [3.8, 4) is 23.0 Å². The lowest BCUT2D eigenvalue weighted by molar-refractivity contribution is 0.0500. The highest BCUT2D eigenvalue weighted by Gasteiger charge is 2.19. The zero-order chi connectivity index (χ0) is 17.9. The minimum Gasteiger partial charge on any atom is -0.504 e. The van der Waals surface area contributed by atoms with Gasteiger partial charge in [0.25, 0.3) is 0 Å². The van der Waals surface area contributed by atoms with Gasteiger partial charge in [0.15, 0.2) is 17.2 Å². The summed E-state index contributed by atoms with van der Waals surface area (Å²) < 4.78 is 9.99. The molecule has 0 fully saturated rings. The summed E-state index contributed by atoms with van der Waals surface area (Å²) in [5.74, 6) is -2.89. The maximum absolute atomic E-state index is 12.1. The molecule has 2 aromatic rings. The van der Waals surface area contributed by atoms with E-state index >= 15 is 0 Å². The second-order valence-electron chi connectivity index (χ2n) is 5.19. The van der Waals surface area contributed by atoms with Gasteiger partial charge in [0, 0.05) is 6.07 Å². The van der Waals surface area contributed by atoms with E-state index < -0.39 is 28.6 Å². The first-order valence-electron chi connectivity index (χ1n) is 7.37. The van der Waals surface area contributed by atoms with Gasteiger partial charge in [-0.2, -0.15) is 0 Å². The zero-order valence-corrected chi connectivity index (χ0v) is 13.3. The Balaban J connectivity index is 2.69. The van der Waals surface area contributed by atoms with Crippen molar-refractivity contribution in [1.29, 1.82) is 0 Å². The number of carbonyl (C=O) groups is 1. The Bertz CT molecular complexity index is 843. The maximum atomic E-state index is 12.1. The summed E-state index contributed by atoms with van der Waals surface area (Å²) in [6, 6.07) is 3.51. The Morgan fingerprint density at radius 1 is 1.08 bits per heavy atom. The quantitative estimate of drug-likeness (QED) is 0.437. The van der Waals surface area contributed by atoms with Gasteiger partial charge < -0.3 is 24.8 Å². The second kappa shape index (κ2) is 7.08. The minimum atomic E-state index is -0.882. The molecule has 0 heterocycles. The van der Waals surface area contributed by atoms with Crippen LogP contribution in [0.4, 0.5) is 0 Å². The first-order chi connectivity index (χ1) is 11.4. The van der Waals surface area contributed by atoms with Gasteiger partial charge in [-0.25, -0.2) is 4.79 Å². The number of aromatic hydroxyl groups is 3. The van der Waals surface area contributed by atoms with Crippen LogP contribution >= 0.6 is 0 Å². The summed E-state index contributed by atoms with van der Waals surface area (Å²) in [6.07, 6.45) is 1.53. The van der Waals surface area contributed by atoms with E-state index in [9.17, 15) is 24.9 Å². The van der Waals surface area contributed by atoms with Gasteiger partial charge in [0.2, 0.25) is 11.2 Å². The molecular weight excluding hydrogens is 316 g/mol. The summed E-state index contributed by atoms with van der Waals surface area (Å²) in [7, 11) is 1.28. The summed E-state index contributed by atoms with van der Waals surface area (Å²) >= 11 is 0. The predicted molar refractivity (Wildman–Crippen MR) is 87.0 cm³/mol. The molecule has 0 amide bonds. The largest absolute Gasteiger partial charge is 0.504 e. The normalized spacial score (nSPS) is 10.6. The zero-order valence-electron chi connectivity index (χ0n) is 13.3. The van der Waals surface area contributed by atoms with Gasteiger partial charge in [-0.05, 0) is 23.9 Å². The lowest BCUT2D eigenvalue weighted by Gasteiger charge is -2.08. The van der Waals surface area contributed by atoms with Crippen molar-refractivity contribution < 1.29 is 29.6 Å². The number of benzene rings is 1. The topological polar surface area (TPSA) is 113 Å². The first kappa shape index (κ1) is 17.4. The lowest BCUT2D eigenvalue weighted by atomic mass is 10.1. The number of phenols is 2. The number of methoxy groups -OCH3 is 1. The van der Waals surface area contributed by atoms with Crippen molar-refractivity contribution in [2.24, 2.45) is 0 Å². The van der Waals surface area contributed by atoms with Crippen LogP contribution in [0.2, 0.25) is 0 Å². The van der Waals surface area contributed by atoms with Crippen LogP contribution < -0.4 is 10.2 Å². The first-order valence-corrected chi connectivity index (χ1v) is 7.37. The number of unbranched alkanes of at least 4 members (excludes halogenated alkanes) is 1. The lowest BCUT2D eigenvalue weighted by Crippen LogP contribution is -2.07. The number of phenolic OH excluding ortho intramolecular Hbond substituents is 2. The highest BCUT2D eigenvalue weighted by Crippen LogP contribution is 2.43. The third kappa shape index (κ3) is 3.19. The molecule has 2 rings (SSSR count). The van der Waals surface area contributed by atoms with E-state index in [2.05, 4.69) is 0 Å². The number of hydrogen-bond acceptors (Lipinski definition) is 7. The molecule has 3 N–H and O–H groups in total. The van der Waals surface area contributed by atoms with Gasteiger partial charge in [0.1, 0.15) is 0 Å². The van der Waals surface area contributed by atoms with Crippen molar-refractivity contribution in [1.82, 2.24) is 0 Å². The van der Waals surface area contributed by atoms with E-state index in [0.29, 0.717) is 6.42 Å². The van der Waals surface area contributed by atoms with Gasteiger partial charge in [0.05, 0.1) is 24.7 Å². The second-order valence-corrected chi connectivity index (χ2v) is 5.19. The van der Waals surface area contributed by atoms with Gasteiger partial charge in [-0.1, -0.05) is 13.3 Å². The number of carbonyl (C=O) groups excluding carboxylic acids is 1. The van der Waals surface area contributed by atoms with Crippen LogP contribution in [0.5, 0.6) is 23.0 Å². The van der Waals surface area contributed by atoms with Crippen molar-refractivity contribution in [2.75, 3.05) is 13.7 Å². The Morgan fingerprint density at radius 3 is 2.42 bits per heavy atom. The monoisotopic (exact) mass is 334 g/mol. The van der Waals surface area contributed by atoms with Crippen LogP contribution in [0.15, 0.2) is 23.0 Å². The summed E-state index contributed by atoms with van der Waals surface area (Å²) in [5.41, 5.74) is -0.958. The molecule has 0 saturated heterocycles. The summed E-state index contributed by atoms with van der Waals surface area (Å²) in [5, 5.41) is 29.8. The van der Waals surface area contributed by atoms with Crippen molar-refractivity contribution >= 4 is 16.7 Å². The predicted octanol–water partition coefficient (Wildman–Crippen LogP) is 2.28. The highest BCUT2D eigenvalue weighted by atomic mass is 16.5. The van der Waals surface area contributed by atoms with E-state index in [1.165, 1.54) is 19.2 Å². The van der Waals surface area contributed by atoms with Crippen molar-refractivity contribution in [2.45, 2.75) is 19.8 Å². The number of fused-ring (bicyclic) bond motifs is 1. The molecule has 0 unspecified atom stereocenters. The molecule has 0 aliphatic rings. The molecule has 2 aromatic carbocycles. The molecule has 0 aliphatic carbocycles. The summed E-state index contributed by atoms with van der Waals surface area (Å²) in [6.45, 7) is 2.15. The fourth-order valence-electron chi connectivity index (χ4n) is 2.22. The third-order valence-electron chi connectivity index (χ3n) is 3.52. The highest BCUT2D eigenvalue weighted by molar-refractivity contribution is 6.00. The average Bonchev–Trinajstić information content (AvgIpc) is 2.68. The number of rotatable bonds is 5. The van der Waals surface area contributed by atoms with E-state index in [1.54, 1.807) is 0 Å². The van der Waals surface area contributed by atoms with Crippen LogP contribution in [0.25, 0.3) is 10.8 Å². The van der Waals surface area contributed by atoms with E-state index in [0.717, 1.165) is 12.5 Å². The SMILES string of the molecule is CCCCOC(=O)c1cc(=O)c(O)c2c(O)c(O)c(OC)cc2c1. The Hall–Kier alpha value is -2.96. The fraction of sp³-hybridized carbons (Fsp3) is 0.294. The van der Waals surface area contributed by atoms with Crippen molar-refractivity contribution in [3.05, 3.63) is 34.0 Å². The minimum absolute atomic E-state index is 0.0663. The van der Waals surface area contributed by atoms with Gasteiger partial charge in [-0.15, -0.1) is 0 Å². The molecule has 24 heavy (non-hydrogen) atoms. The average molecular weight is 334 g/mol. The molecule has 0 saturated carbocycles. The van der Waals surface area contributed by atoms with Crippen LogP contribution in [0.3, 0.4) is 0 Å². The van der Waals surface area contributed by atoms with Crippen molar-refractivity contribution in [3.63, 3.8) is 0 Å². The molecule has 7 nitrogen and oxygen atoms in total. The number of hydrogen-bond donors (Lipinski definition) is 3. The fourth-order valence-corrected chi connectivity index (χ4v) is 2.22. The van der Waals surface area contributed by atoms with E-state index in [4.69, 9.17) is 9.47 Å². The van der Waals surface area contributed by atoms with Crippen LogP contribution in [-0.2, 0) is 4.74 Å². The maximum Gasteiger partial charge on any atom is 0.338 e. The Morgan fingerprint density at radius 2 is 1.79 bits per heavy atom. The standard InChI is InChI=1S/C17H18O7/c1-3-4-5-24-17(22)10-6-9-8-12(23-2)15(20)16(21)13(9)14(19)11(18)7-10/h6-8,20-21H,3-5H2,1-2H3,(H,18,19). The molecule has 0 atom stereocenters. The Kier molecular flexibility index (Phi) is 5.13. The number of ether oxygens (including phenoxy) is 2. The van der Waals surface area contributed by atoms with Crippen LogP contribution in [0.1, 0.15) is 30.1 Å². The van der Waals surface area contributed by atoms with Crippen LogP contribution in [0, 0.1) is 0 Å². The van der Waals surface area contributed by atoms with Gasteiger partial charge >= 0.3 is 5.97 Å². The van der Waals surface area contributed by atoms with E-state index in [-0.39, 0.29) is 28.7 Å². The summed E-state index contributed by atoms with van der Waals surface area (Å²) in [4.78, 5) is 24.1. The molecule has 0 bridgehead atoms. The van der Waals surface area contributed by atoms with Crippen LogP contribution in [-0.4, -0.2) is 35.0 Å². The molecule has 7 heteroatoms. The van der Waals surface area contributed by atoms with E-state index in [1.807, 2.05) is 6.92 Å². The Labute approximate surface area is 137 Å². The smallest absolute Gasteiger partial charge is 0.338 e.